The lowest BCUT2D eigenvalue weighted by Gasteiger charge is -2.16. The maximum Gasteiger partial charge on any atom is 0.228 e. The van der Waals surface area contributed by atoms with Crippen molar-refractivity contribution in [3.05, 3.63) is 65.7 Å². The normalized spacial score (nSPS) is 11.9. The summed E-state index contributed by atoms with van der Waals surface area (Å²) >= 11 is 4.74. The Morgan fingerprint density at radius 1 is 1.20 bits per heavy atom. The standard InChI is InChI=1S/C19H22N4OS/c1-2-15(13-21-23-19(20)25)16-10-6-7-11-17(16)22-18(24)12-14-8-4-3-5-9-14/h3-11,13,15H,2,12H2,1H3,(H,22,24)(H3,20,23,25)/b21-13+. The summed E-state index contributed by atoms with van der Waals surface area (Å²) in [5.41, 5.74) is 10.7. The Hall–Kier alpha value is -2.73. The second-order valence-corrected chi connectivity index (χ2v) is 6.01. The van der Waals surface area contributed by atoms with Gasteiger partial charge >= 0.3 is 0 Å². The maximum absolute atomic E-state index is 12.4. The van der Waals surface area contributed by atoms with E-state index in [1.807, 2.05) is 54.6 Å². The number of anilines is 1. The Morgan fingerprint density at radius 2 is 1.88 bits per heavy atom. The topological polar surface area (TPSA) is 79.5 Å². The zero-order valence-electron chi connectivity index (χ0n) is 14.1. The predicted molar refractivity (Wildman–Crippen MR) is 107 cm³/mol. The van der Waals surface area contributed by atoms with Crippen molar-refractivity contribution in [2.45, 2.75) is 25.7 Å². The Kier molecular flexibility index (Phi) is 7.10. The number of carbonyl (C=O) groups is 1. The number of hydrogen-bond donors (Lipinski definition) is 3. The molecule has 5 nitrogen and oxygen atoms in total. The number of rotatable bonds is 7. The smallest absolute Gasteiger partial charge is 0.228 e. The van der Waals surface area contributed by atoms with Crippen molar-refractivity contribution < 1.29 is 4.79 Å². The van der Waals surface area contributed by atoms with Crippen molar-refractivity contribution in [3.63, 3.8) is 0 Å². The summed E-state index contributed by atoms with van der Waals surface area (Å²) in [6.07, 6.45) is 2.92. The van der Waals surface area contributed by atoms with Gasteiger partial charge in [-0.05, 0) is 35.8 Å². The molecule has 1 unspecified atom stereocenters. The van der Waals surface area contributed by atoms with E-state index in [2.05, 4.69) is 22.8 Å². The van der Waals surface area contributed by atoms with Gasteiger partial charge in [0.25, 0.3) is 0 Å². The molecule has 2 rings (SSSR count). The Balaban J connectivity index is 2.12. The first kappa shape index (κ1) is 18.6. The highest BCUT2D eigenvalue weighted by Crippen LogP contribution is 2.26. The molecule has 0 fully saturated rings. The molecule has 0 heterocycles. The molecule has 4 N–H and O–H groups in total. The van der Waals surface area contributed by atoms with Gasteiger partial charge in [0.1, 0.15) is 0 Å². The van der Waals surface area contributed by atoms with Crippen molar-refractivity contribution in [1.82, 2.24) is 5.43 Å². The summed E-state index contributed by atoms with van der Waals surface area (Å²) in [6, 6.07) is 17.4. The van der Waals surface area contributed by atoms with E-state index in [4.69, 9.17) is 18.0 Å². The van der Waals surface area contributed by atoms with E-state index in [-0.39, 0.29) is 16.9 Å². The van der Waals surface area contributed by atoms with E-state index in [0.717, 1.165) is 23.2 Å². The molecule has 0 saturated heterocycles. The summed E-state index contributed by atoms with van der Waals surface area (Å²) in [7, 11) is 0. The van der Waals surface area contributed by atoms with Gasteiger partial charge in [-0.3, -0.25) is 10.2 Å². The molecule has 1 amide bonds. The molecule has 0 bridgehead atoms. The van der Waals surface area contributed by atoms with Crippen LogP contribution in [0.4, 0.5) is 5.69 Å². The summed E-state index contributed by atoms with van der Waals surface area (Å²) < 4.78 is 0. The molecule has 0 aliphatic heterocycles. The molecule has 2 aromatic rings. The Bertz CT molecular complexity index is 746. The van der Waals surface area contributed by atoms with Crippen LogP contribution < -0.4 is 16.5 Å². The second kappa shape index (κ2) is 9.54. The number of nitrogens with one attached hydrogen (secondary N) is 2. The van der Waals surface area contributed by atoms with Crippen LogP contribution in [-0.2, 0) is 11.2 Å². The zero-order chi connectivity index (χ0) is 18.1. The number of para-hydroxylation sites is 1. The lowest BCUT2D eigenvalue weighted by molar-refractivity contribution is -0.115. The minimum atomic E-state index is -0.0493. The number of benzene rings is 2. The second-order valence-electron chi connectivity index (χ2n) is 5.57. The van der Waals surface area contributed by atoms with Crippen molar-refractivity contribution in [2.75, 3.05) is 5.32 Å². The van der Waals surface area contributed by atoms with Crippen LogP contribution in [-0.4, -0.2) is 17.2 Å². The van der Waals surface area contributed by atoms with E-state index in [1.165, 1.54) is 0 Å². The molecule has 6 heteroatoms. The number of amides is 1. The zero-order valence-corrected chi connectivity index (χ0v) is 14.9. The molecule has 0 spiro atoms. The van der Waals surface area contributed by atoms with Crippen LogP contribution >= 0.6 is 12.2 Å². The molecule has 1 atom stereocenters. The molecule has 25 heavy (non-hydrogen) atoms. The molecule has 130 valence electrons. The summed E-state index contributed by atoms with van der Waals surface area (Å²) in [6.45, 7) is 2.06. The van der Waals surface area contributed by atoms with Gasteiger partial charge in [-0.1, -0.05) is 55.5 Å². The molecule has 0 aliphatic carbocycles. The lowest BCUT2D eigenvalue weighted by Crippen LogP contribution is -2.24. The van der Waals surface area contributed by atoms with Crippen LogP contribution in [0.1, 0.15) is 30.4 Å². The fourth-order valence-electron chi connectivity index (χ4n) is 2.51. The molecular weight excluding hydrogens is 332 g/mol. The van der Waals surface area contributed by atoms with Gasteiger partial charge in [0, 0.05) is 17.8 Å². The van der Waals surface area contributed by atoms with Gasteiger partial charge in [-0.25, -0.2) is 0 Å². The molecule has 0 radical (unpaired) electrons. The quantitative estimate of drug-likeness (QED) is 0.405. The summed E-state index contributed by atoms with van der Waals surface area (Å²) in [4.78, 5) is 12.4. The van der Waals surface area contributed by atoms with Crippen LogP contribution in [0.3, 0.4) is 0 Å². The first-order chi connectivity index (χ1) is 12.1. The maximum atomic E-state index is 12.4. The SMILES string of the molecule is CCC(/C=N/NC(N)=S)c1ccccc1NC(=O)Cc1ccccc1. The predicted octanol–water partition coefficient (Wildman–Crippen LogP) is 3.18. The van der Waals surface area contributed by atoms with Crippen molar-refractivity contribution in [1.29, 1.82) is 0 Å². The highest BCUT2D eigenvalue weighted by atomic mass is 32.1. The average Bonchev–Trinajstić information content (AvgIpc) is 2.60. The first-order valence-corrected chi connectivity index (χ1v) is 8.52. The van der Waals surface area contributed by atoms with E-state index in [0.29, 0.717) is 6.42 Å². The van der Waals surface area contributed by atoms with Gasteiger partial charge in [0.2, 0.25) is 5.91 Å². The van der Waals surface area contributed by atoms with E-state index < -0.39 is 0 Å². The third kappa shape index (κ3) is 6.00. The summed E-state index contributed by atoms with van der Waals surface area (Å²) in [5, 5.41) is 7.17. The number of hydrazone groups is 1. The van der Waals surface area contributed by atoms with Crippen LogP contribution in [0.25, 0.3) is 0 Å². The van der Waals surface area contributed by atoms with Crippen molar-refractivity contribution >= 4 is 35.1 Å². The third-order valence-corrected chi connectivity index (χ3v) is 3.80. The molecule has 0 aliphatic rings. The minimum absolute atomic E-state index is 0.0371. The van der Waals surface area contributed by atoms with Gasteiger partial charge in [0.05, 0.1) is 6.42 Å². The van der Waals surface area contributed by atoms with E-state index in [9.17, 15) is 4.79 Å². The fourth-order valence-corrected chi connectivity index (χ4v) is 2.56. The summed E-state index contributed by atoms with van der Waals surface area (Å²) in [5.74, 6) is -0.0122. The molecular formula is C19H22N4OS. The van der Waals surface area contributed by atoms with E-state index in [1.54, 1.807) is 6.21 Å². The number of nitrogens with two attached hydrogens (primary N) is 1. The molecule has 2 aromatic carbocycles. The van der Waals surface area contributed by atoms with E-state index >= 15 is 0 Å². The average molecular weight is 354 g/mol. The Labute approximate surface area is 153 Å². The Morgan fingerprint density at radius 3 is 2.56 bits per heavy atom. The number of carbonyl (C=O) groups excluding carboxylic acids is 1. The fraction of sp³-hybridized carbons (Fsp3) is 0.211. The van der Waals surface area contributed by atoms with Crippen molar-refractivity contribution in [3.8, 4) is 0 Å². The van der Waals surface area contributed by atoms with Crippen molar-refractivity contribution in [2.24, 2.45) is 10.8 Å². The first-order valence-electron chi connectivity index (χ1n) is 8.11. The largest absolute Gasteiger partial charge is 0.375 e. The highest BCUT2D eigenvalue weighted by Gasteiger charge is 2.13. The van der Waals surface area contributed by atoms with Crippen LogP contribution in [0.2, 0.25) is 0 Å². The van der Waals surface area contributed by atoms with Gasteiger partial charge in [-0.15, -0.1) is 0 Å². The van der Waals surface area contributed by atoms with Gasteiger partial charge in [0.15, 0.2) is 5.11 Å². The third-order valence-electron chi connectivity index (χ3n) is 3.71. The molecule has 0 saturated carbocycles. The monoisotopic (exact) mass is 354 g/mol. The highest BCUT2D eigenvalue weighted by molar-refractivity contribution is 7.80. The molecule has 0 aromatic heterocycles. The number of hydrogen-bond acceptors (Lipinski definition) is 3. The van der Waals surface area contributed by atoms with Gasteiger partial charge in [-0.2, -0.15) is 5.10 Å². The number of nitrogens with zero attached hydrogens (tertiary/aromatic N) is 1. The lowest BCUT2D eigenvalue weighted by atomic mass is 9.96. The minimum Gasteiger partial charge on any atom is -0.375 e. The van der Waals surface area contributed by atoms with Crippen LogP contribution in [0.15, 0.2) is 59.7 Å². The van der Waals surface area contributed by atoms with Gasteiger partial charge < -0.3 is 11.1 Å². The van der Waals surface area contributed by atoms with Crippen LogP contribution in [0, 0.1) is 0 Å². The van der Waals surface area contributed by atoms with Crippen LogP contribution in [0.5, 0.6) is 0 Å². The number of thiocarbonyl (C=S) groups is 1.